The van der Waals surface area contributed by atoms with Crippen molar-refractivity contribution in [3.05, 3.63) is 41.1 Å². The van der Waals surface area contributed by atoms with Gasteiger partial charge in [0, 0.05) is 6.07 Å². The number of alkyl halides is 3. The van der Waals surface area contributed by atoms with Crippen molar-refractivity contribution in [3.63, 3.8) is 0 Å². The molecule has 110 valence electrons. The number of hydrogen-bond acceptors (Lipinski definition) is 3. The van der Waals surface area contributed by atoms with E-state index in [-0.39, 0.29) is 5.56 Å². The van der Waals surface area contributed by atoms with E-state index in [4.69, 9.17) is 5.26 Å². The molecular weight excluding hydrogens is 297 g/mol. The number of methoxy groups -OCH3 is 1. The molecule has 0 aliphatic heterocycles. The third kappa shape index (κ3) is 2.65. The van der Waals surface area contributed by atoms with E-state index < -0.39 is 35.1 Å². The molecule has 0 atom stereocenters. The van der Waals surface area contributed by atoms with E-state index in [2.05, 4.69) is 9.84 Å². The third-order valence-corrected chi connectivity index (χ3v) is 2.53. The first-order valence-electron chi connectivity index (χ1n) is 5.38. The second-order valence-corrected chi connectivity index (χ2v) is 3.88. The van der Waals surface area contributed by atoms with Gasteiger partial charge < -0.3 is 4.74 Å². The van der Waals surface area contributed by atoms with Crippen molar-refractivity contribution >= 4 is 0 Å². The van der Waals surface area contributed by atoms with Crippen LogP contribution in [0.1, 0.15) is 11.3 Å². The van der Waals surface area contributed by atoms with Crippen LogP contribution in [0, 0.1) is 23.0 Å². The Kier molecular flexibility index (Phi) is 3.55. The van der Waals surface area contributed by atoms with Crippen molar-refractivity contribution < 1.29 is 26.7 Å². The highest BCUT2D eigenvalue weighted by Gasteiger charge is 2.36. The highest BCUT2D eigenvalue weighted by atomic mass is 19.4. The Hall–Kier alpha value is -2.63. The number of nitrogens with zero attached hydrogens (tertiary/aromatic N) is 3. The smallest absolute Gasteiger partial charge is 0.435 e. The molecule has 0 bridgehead atoms. The second kappa shape index (κ2) is 5.05. The predicted molar refractivity (Wildman–Crippen MR) is 59.7 cm³/mol. The van der Waals surface area contributed by atoms with Crippen LogP contribution in [0.15, 0.2) is 18.2 Å². The largest absolute Gasteiger partial charge is 0.481 e. The molecule has 0 N–H and O–H groups in total. The van der Waals surface area contributed by atoms with Crippen LogP contribution in [0.5, 0.6) is 5.88 Å². The maximum atomic E-state index is 13.8. The molecule has 4 nitrogen and oxygen atoms in total. The lowest BCUT2D eigenvalue weighted by molar-refractivity contribution is -0.141. The Balaban J connectivity index is 2.68. The molecule has 0 aliphatic rings. The van der Waals surface area contributed by atoms with E-state index in [1.807, 2.05) is 0 Å². The lowest BCUT2D eigenvalue weighted by Gasteiger charge is -2.08. The summed E-state index contributed by atoms with van der Waals surface area (Å²) >= 11 is 0. The molecule has 1 aromatic carbocycles. The minimum absolute atomic E-state index is 0.309. The summed E-state index contributed by atoms with van der Waals surface area (Å²) < 4.78 is 70.4. The van der Waals surface area contributed by atoms with E-state index in [1.54, 1.807) is 0 Å². The Bertz CT molecular complexity index is 706. The van der Waals surface area contributed by atoms with Gasteiger partial charge in [-0.05, 0) is 12.1 Å². The Morgan fingerprint density at radius 2 is 1.76 bits per heavy atom. The van der Waals surface area contributed by atoms with Gasteiger partial charge in [-0.25, -0.2) is 8.78 Å². The van der Waals surface area contributed by atoms with Crippen LogP contribution in [-0.2, 0) is 6.18 Å². The highest BCUT2D eigenvalue weighted by molar-refractivity contribution is 5.44. The molecule has 0 spiro atoms. The molecule has 1 aromatic heterocycles. The summed E-state index contributed by atoms with van der Waals surface area (Å²) in [6, 6.07) is 3.41. The van der Waals surface area contributed by atoms with Gasteiger partial charge in [-0.15, -0.1) is 0 Å². The fourth-order valence-electron chi connectivity index (χ4n) is 1.64. The molecule has 0 fully saturated rings. The van der Waals surface area contributed by atoms with Crippen molar-refractivity contribution in [1.29, 1.82) is 5.26 Å². The lowest BCUT2D eigenvalue weighted by Crippen LogP contribution is -2.09. The van der Waals surface area contributed by atoms with Crippen molar-refractivity contribution in [2.75, 3.05) is 7.11 Å². The fraction of sp³-hybridized carbons (Fsp3) is 0.167. The quantitative estimate of drug-likeness (QED) is 0.801. The molecule has 0 unspecified atom stereocenters. The Morgan fingerprint density at radius 1 is 1.19 bits per heavy atom. The first-order valence-corrected chi connectivity index (χ1v) is 5.38. The lowest BCUT2D eigenvalue weighted by atomic mass is 10.2. The summed E-state index contributed by atoms with van der Waals surface area (Å²) in [7, 11) is 1.03. The van der Waals surface area contributed by atoms with Gasteiger partial charge in [-0.3, -0.25) is 0 Å². The number of halogens is 5. The van der Waals surface area contributed by atoms with Gasteiger partial charge in [0.15, 0.2) is 17.3 Å². The van der Waals surface area contributed by atoms with Gasteiger partial charge in [0.25, 0.3) is 0 Å². The van der Waals surface area contributed by atoms with Gasteiger partial charge in [0.1, 0.15) is 5.69 Å². The predicted octanol–water partition coefficient (Wildman–Crippen LogP) is 3.05. The molecule has 0 saturated heterocycles. The second-order valence-electron chi connectivity index (χ2n) is 3.88. The Labute approximate surface area is 115 Å². The topological polar surface area (TPSA) is 50.8 Å². The van der Waals surface area contributed by atoms with Crippen molar-refractivity contribution in [2.24, 2.45) is 0 Å². The van der Waals surface area contributed by atoms with E-state index in [1.165, 1.54) is 6.07 Å². The number of nitriles is 1. The molecule has 0 radical (unpaired) electrons. The van der Waals surface area contributed by atoms with Gasteiger partial charge >= 0.3 is 6.18 Å². The number of rotatable bonds is 2. The number of benzene rings is 1. The van der Waals surface area contributed by atoms with Crippen LogP contribution in [0.3, 0.4) is 0 Å². The fourth-order valence-corrected chi connectivity index (χ4v) is 1.64. The summed E-state index contributed by atoms with van der Waals surface area (Å²) in [6.45, 7) is 0. The van der Waals surface area contributed by atoms with Crippen molar-refractivity contribution in [2.45, 2.75) is 6.18 Å². The third-order valence-electron chi connectivity index (χ3n) is 2.53. The monoisotopic (exact) mass is 303 g/mol. The van der Waals surface area contributed by atoms with Crippen LogP contribution < -0.4 is 4.74 Å². The summed E-state index contributed by atoms with van der Waals surface area (Å²) in [4.78, 5) is 0. The van der Waals surface area contributed by atoms with Crippen LogP contribution in [0.4, 0.5) is 22.0 Å². The maximum absolute atomic E-state index is 13.8. The minimum atomic E-state index is -4.79. The normalized spacial score (nSPS) is 11.3. The zero-order chi connectivity index (χ0) is 15.8. The molecule has 2 rings (SSSR count). The van der Waals surface area contributed by atoms with E-state index in [0.717, 1.165) is 7.11 Å². The SMILES string of the molecule is COc1cc(C(F)(F)F)nn1-c1c(F)cc(C#N)cc1F. The summed E-state index contributed by atoms with van der Waals surface area (Å²) in [6.07, 6.45) is -4.79. The zero-order valence-electron chi connectivity index (χ0n) is 10.4. The number of hydrogen-bond donors (Lipinski definition) is 0. The van der Waals surface area contributed by atoms with Gasteiger partial charge in [-0.1, -0.05) is 0 Å². The zero-order valence-corrected chi connectivity index (χ0v) is 10.4. The molecule has 0 amide bonds. The molecular formula is C12H6F5N3O. The van der Waals surface area contributed by atoms with Crippen LogP contribution in [0.25, 0.3) is 5.69 Å². The van der Waals surface area contributed by atoms with Crippen molar-refractivity contribution in [3.8, 4) is 17.6 Å². The van der Waals surface area contributed by atoms with Crippen LogP contribution >= 0.6 is 0 Å². The summed E-state index contributed by atoms with van der Waals surface area (Å²) in [5.41, 5.74) is -2.53. The minimum Gasteiger partial charge on any atom is -0.481 e. The van der Waals surface area contributed by atoms with Crippen molar-refractivity contribution in [1.82, 2.24) is 9.78 Å². The molecule has 0 saturated carbocycles. The van der Waals surface area contributed by atoms with Gasteiger partial charge in [0.05, 0.1) is 18.7 Å². The summed E-state index contributed by atoms with van der Waals surface area (Å²) in [5, 5.41) is 11.7. The first kappa shape index (κ1) is 14.8. The van der Waals surface area contributed by atoms with Crippen LogP contribution in [0.2, 0.25) is 0 Å². The highest BCUT2D eigenvalue weighted by Crippen LogP contribution is 2.33. The van der Waals surface area contributed by atoms with Gasteiger partial charge in [-0.2, -0.15) is 28.2 Å². The average Bonchev–Trinajstić information content (AvgIpc) is 2.81. The van der Waals surface area contributed by atoms with E-state index in [9.17, 15) is 22.0 Å². The number of aromatic nitrogens is 2. The molecule has 9 heteroatoms. The molecule has 1 heterocycles. The standard InChI is InChI=1S/C12H6F5N3O/c1-21-10-4-9(12(15,16)17)19-20(10)11-7(13)2-6(5-18)3-8(11)14/h2-4H,1H3. The Morgan fingerprint density at radius 3 is 2.19 bits per heavy atom. The van der Waals surface area contributed by atoms with E-state index in [0.29, 0.717) is 22.9 Å². The van der Waals surface area contributed by atoms with Gasteiger partial charge in [0.2, 0.25) is 5.88 Å². The first-order chi connectivity index (χ1) is 9.77. The maximum Gasteiger partial charge on any atom is 0.435 e. The molecule has 0 aliphatic carbocycles. The summed E-state index contributed by atoms with van der Waals surface area (Å²) in [5.74, 6) is -2.96. The van der Waals surface area contributed by atoms with E-state index >= 15 is 0 Å². The average molecular weight is 303 g/mol. The number of ether oxygens (including phenoxy) is 1. The molecule has 21 heavy (non-hydrogen) atoms. The van der Waals surface area contributed by atoms with Crippen LogP contribution in [-0.4, -0.2) is 16.9 Å². The molecule has 2 aromatic rings.